The molecule has 2 N–H and O–H groups in total. The Bertz CT molecular complexity index is 515. The third-order valence-corrected chi connectivity index (χ3v) is 2.14. The van der Waals surface area contributed by atoms with Gasteiger partial charge in [-0.3, -0.25) is 0 Å². The molecule has 1 aromatic rings. The molecular weight excluding hydrogens is 232 g/mol. The molecule has 94 valence electrons. The van der Waals surface area contributed by atoms with Crippen LogP contribution in [0.4, 0.5) is 5.69 Å². The van der Waals surface area contributed by atoms with Crippen molar-refractivity contribution in [3.05, 3.63) is 35.5 Å². The van der Waals surface area contributed by atoms with E-state index in [0.717, 1.165) is 5.56 Å². The van der Waals surface area contributed by atoms with Crippen molar-refractivity contribution in [2.24, 2.45) is 0 Å². The van der Waals surface area contributed by atoms with E-state index in [-0.39, 0.29) is 17.9 Å². The van der Waals surface area contributed by atoms with Crippen LogP contribution in [0, 0.1) is 18.3 Å². The molecule has 18 heavy (non-hydrogen) atoms. The maximum absolute atomic E-state index is 11.3. The van der Waals surface area contributed by atoms with Crippen LogP contribution in [-0.4, -0.2) is 17.7 Å². The van der Waals surface area contributed by atoms with E-state index in [0.29, 0.717) is 5.69 Å². The summed E-state index contributed by atoms with van der Waals surface area (Å²) in [7, 11) is 0. The Morgan fingerprint density at radius 2 is 2.33 bits per heavy atom. The number of esters is 1. The highest BCUT2D eigenvalue weighted by Gasteiger charge is 2.09. The van der Waals surface area contributed by atoms with Crippen LogP contribution in [-0.2, 0) is 9.53 Å². The van der Waals surface area contributed by atoms with E-state index in [4.69, 9.17) is 10.00 Å². The van der Waals surface area contributed by atoms with Crippen molar-refractivity contribution >= 4 is 11.7 Å². The molecule has 5 nitrogen and oxygen atoms in total. The minimum atomic E-state index is -0.695. The minimum Gasteiger partial charge on any atom is -0.506 e. The zero-order chi connectivity index (χ0) is 13.5. The van der Waals surface area contributed by atoms with Crippen LogP contribution < -0.4 is 5.32 Å². The molecule has 0 saturated carbocycles. The number of carbonyl (C=O) groups excluding carboxylic acids is 1. The highest BCUT2D eigenvalue weighted by Crippen LogP contribution is 2.23. The van der Waals surface area contributed by atoms with E-state index in [1.54, 1.807) is 31.2 Å². The molecule has 0 aromatic heterocycles. The van der Waals surface area contributed by atoms with Gasteiger partial charge in [-0.1, -0.05) is 6.07 Å². The number of rotatable bonds is 4. The molecule has 0 bridgehead atoms. The monoisotopic (exact) mass is 246 g/mol. The van der Waals surface area contributed by atoms with Crippen molar-refractivity contribution in [2.75, 3.05) is 11.9 Å². The van der Waals surface area contributed by atoms with Crippen LogP contribution in [0.5, 0.6) is 5.75 Å². The Morgan fingerprint density at radius 1 is 1.61 bits per heavy atom. The lowest BCUT2D eigenvalue weighted by Crippen LogP contribution is -2.07. The van der Waals surface area contributed by atoms with Crippen LogP contribution in [0.25, 0.3) is 0 Å². The Morgan fingerprint density at radius 3 is 2.89 bits per heavy atom. The lowest BCUT2D eigenvalue weighted by Gasteiger charge is -2.05. The number of hydrogen-bond donors (Lipinski definition) is 2. The van der Waals surface area contributed by atoms with Crippen LogP contribution in [0.3, 0.4) is 0 Å². The van der Waals surface area contributed by atoms with Crippen molar-refractivity contribution in [3.63, 3.8) is 0 Å². The van der Waals surface area contributed by atoms with E-state index >= 15 is 0 Å². The molecule has 5 heteroatoms. The summed E-state index contributed by atoms with van der Waals surface area (Å²) in [5, 5.41) is 21.1. The third-order valence-electron chi connectivity index (χ3n) is 2.14. The third kappa shape index (κ3) is 3.52. The van der Waals surface area contributed by atoms with Gasteiger partial charge in [0, 0.05) is 6.20 Å². The van der Waals surface area contributed by atoms with Crippen LogP contribution in [0.2, 0.25) is 0 Å². The number of aryl methyl sites for hydroxylation is 1. The van der Waals surface area contributed by atoms with Crippen LogP contribution in [0.15, 0.2) is 30.0 Å². The molecule has 1 aromatic carbocycles. The first-order valence-electron chi connectivity index (χ1n) is 5.42. The van der Waals surface area contributed by atoms with Gasteiger partial charge in [0.15, 0.2) is 5.57 Å². The van der Waals surface area contributed by atoms with Gasteiger partial charge >= 0.3 is 5.97 Å². The van der Waals surface area contributed by atoms with Crippen molar-refractivity contribution in [3.8, 4) is 11.8 Å². The number of nitrogens with zero attached hydrogens (tertiary/aromatic N) is 1. The van der Waals surface area contributed by atoms with Gasteiger partial charge in [-0.15, -0.1) is 0 Å². The topological polar surface area (TPSA) is 82.4 Å². The molecule has 0 unspecified atom stereocenters. The number of phenolic OH excluding ortho intramolecular Hbond substituents is 1. The van der Waals surface area contributed by atoms with Crippen molar-refractivity contribution < 1.29 is 14.6 Å². The standard InChI is InChI=1S/C13H14N2O3/c1-3-18-13(17)10(7-14)8-15-11-5-4-9(2)6-12(11)16/h4-6,8,15-16H,3H2,1-2H3/b10-8+. The van der Waals surface area contributed by atoms with Crippen LogP contribution in [0.1, 0.15) is 12.5 Å². The molecule has 0 spiro atoms. The number of carbonyl (C=O) groups is 1. The summed E-state index contributed by atoms with van der Waals surface area (Å²) in [6.07, 6.45) is 1.21. The summed E-state index contributed by atoms with van der Waals surface area (Å²) < 4.78 is 4.70. The van der Waals surface area contributed by atoms with E-state index in [1.807, 2.05) is 6.92 Å². The SMILES string of the molecule is CCOC(=O)/C(C#N)=C/Nc1ccc(C)cc1O. The summed E-state index contributed by atoms with van der Waals surface area (Å²) in [5.74, 6) is -0.647. The Labute approximate surface area is 105 Å². The van der Waals surface area contributed by atoms with Gasteiger partial charge in [-0.2, -0.15) is 5.26 Å². The number of nitriles is 1. The predicted octanol–water partition coefficient (Wildman–Crippen LogP) is 2.08. The van der Waals surface area contributed by atoms with E-state index in [2.05, 4.69) is 5.32 Å². The largest absolute Gasteiger partial charge is 0.506 e. The fraction of sp³-hybridized carbons (Fsp3) is 0.231. The van der Waals surface area contributed by atoms with Crippen molar-refractivity contribution in [2.45, 2.75) is 13.8 Å². The highest BCUT2D eigenvalue weighted by atomic mass is 16.5. The molecule has 0 amide bonds. The first-order chi connectivity index (χ1) is 8.58. The highest BCUT2D eigenvalue weighted by molar-refractivity contribution is 5.93. The zero-order valence-corrected chi connectivity index (χ0v) is 10.2. The molecule has 0 aliphatic heterocycles. The molecule has 0 fully saturated rings. The second-order valence-corrected chi connectivity index (χ2v) is 3.56. The fourth-order valence-electron chi connectivity index (χ4n) is 1.26. The van der Waals surface area contributed by atoms with Gasteiger partial charge in [-0.05, 0) is 31.5 Å². The summed E-state index contributed by atoms with van der Waals surface area (Å²) >= 11 is 0. The first kappa shape index (κ1) is 13.6. The lowest BCUT2D eigenvalue weighted by molar-refractivity contribution is -0.138. The van der Waals surface area contributed by atoms with Crippen molar-refractivity contribution in [1.29, 1.82) is 5.26 Å². The first-order valence-corrected chi connectivity index (χ1v) is 5.42. The predicted molar refractivity (Wildman–Crippen MR) is 66.8 cm³/mol. The number of phenols is 1. The zero-order valence-electron chi connectivity index (χ0n) is 10.2. The number of ether oxygens (including phenoxy) is 1. The Balaban J connectivity index is 2.84. The van der Waals surface area contributed by atoms with E-state index < -0.39 is 5.97 Å². The molecule has 0 aliphatic carbocycles. The number of aromatic hydroxyl groups is 1. The second kappa shape index (κ2) is 6.30. The number of benzene rings is 1. The van der Waals surface area contributed by atoms with Crippen molar-refractivity contribution in [1.82, 2.24) is 0 Å². The number of hydrogen-bond acceptors (Lipinski definition) is 5. The van der Waals surface area contributed by atoms with Crippen LogP contribution >= 0.6 is 0 Å². The Kier molecular flexibility index (Phi) is 4.76. The van der Waals surface area contributed by atoms with Gasteiger partial charge < -0.3 is 15.2 Å². The van der Waals surface area contributed by atoms with Gasteiger partial charge in [0.05, 0.1) is 12.3 Å². The molecule has 0 saturated heterocycles. The second-order valence-electron chi connectivity index (χ2n) is 3.56. The molecule has 0 heterocycles. The van der Waals surface area contributed by atoms with Gasteiger partial charge in [0.25, 0.3) is 0 Å². The van der Waals surface area contributed by atoms with Gasteiger partial charge in [-0.25, -0.2) is 4.79 Å². The average molecular weight is 246 g/mol. The van der Waals surface area contributed by atoms with Gasteiger partial charge in [0.1, 0.15) is 11.8 Å². The fourth-order valence-corrected chi connectivity index (χ4v) is 1.26. The smallest absolute Gasteiger partial charge is 0.350 e. The molecular formula is C13H14N2O3. The number of anilines is 1. The molecule has 0 aliphatic rings. The summed E-state index contributed by atoms with van der Waals surface area (Å²) in [5.41, 5.74) is 1.17. The normalized spacial score (nSPS) is 10.6. The van der Waals surface area contributed by atoms with E-state index in [9.17, 15) is 9.90 Å². The minimum absolute atomic E-state index is 0.0485. The summed E-state index contributed by atoms with van der Waals surface area (Å²) in [6.45, 7) is 3.71. The molecule has 0 atom stereocenters. The van der Waals surface area contributed by atoms with E-state index in [1.165, 1.54) is 6.20 Å². The summed E-state index contributed by atoms with van der Waals surface area (Å²) in [6, 6.07) is 6.76. The number of nitrogens with one attached hydrogen (secondary N) is 1. The molecule has 1 rings (SSSR count). The Hall–Kier alpha value is -2.48. The maximum atomic E-state index is 11.3. The van der Waals surface area contributed by atoms with Gasteiger partial charge in [0.2, 0.25) is 0 Å². The summed E-state index contributed by atoms with van der Waals surface area (Å²) in [4.78, 5) is 11.3. The molecule has 0 radical (unpaired) electrons. The quantitative estimate of drug-likeness (QED) is 0.368. The maximum Gasteiger partial charge on any atom is 0.350 e. The lowest BCUT2D eigenvalue weighted by atomic mass is 10.2. The average Bonchev–Trinajstić information content (AvgIpc) is 2.32.